The summed E-state index contributed by atoms with van der Waals surface area (Å²) in [6.07, 6.45) is 1.96. The fourth-order valence-corrected chi connectivity index (χ4v) is 2.57. The third-order valence-electron chi connectivity index (χ3n) is 3.72. The van der Waals surface area contributed by atoms with E-state index in [1.807, 2.05) is 17.7 Å². The molecule has 1 aromatic rings. The van der Waals surface area contributed by atoms with Crippen LogP contribution in [0.4, 0.5) is 0 Å². The van der Waals surface area contributed by atoms with Gasteiger partial charge in [0.25, 0.3) is 0 Å². The molecule has 104 valence electrons. The van der Waals surface area contributed by atoms with Gasteiger partial charge in [0.15, 0.2) is 8.32 Å². The molecule has 0 bridgehead atoms. The molecule has 1 rings (SSSR count). The Hall–Kier alpha value is -0.653. The maximum absolute atomic E-state index is 9.20. The molecule has 0 aliphatic heterocycles. The van der Waals surface area contributed by atoms with Gasteiger partial charge in [-0.1, -0.05) is 20.8 Å². The van der Waals surface area contributed by atoms with E-state index in [0.717, 1.165) is 12.2 Å². The topological polar surface area (TPSA) is 47.3 Å². The van der Waals surface area contributed by atoms with Crippen LogP contribution in [0.2, 0.25) is 18.1 Å². The molecule has 0 saturated carbocycles. The van der Waals surface area contributed by atoms with Crippen LogP contribution in [0.3, 0.4) is 0 Å². The molecule has 1 aromatic heterocycles. The Bertz CT molecular complexity index is 394. The number of aliphatic hydroxyl groups is 1. The van der Waals surface area contributed by atoms with Gasteiger partial charge in [-0.15, -0.1) is 0 Å². The number of aromatic nitrogens is 2. The zero-order valence-corrected chi connectivity index (χ0v) is 13.4. The van der Waals surface area contributed by atoms with Crippen LogP contribution in [-0.4, -0.2) is 29.6 Å². The summed E-state index contributed by atoms with van der Waals surface area (Å²) in [5.74, 6) is 0.714. The highest BCUT2D eigenvalue weighted by Gasteiger charge is 2.36. The second-order valence-electron chi connectivity index (χ2n) is 6.26. The lowest BCUT2D eigenvalue weighted by atomic mass is 10.2. The number of hydrogen-bond acceptors (Lipinski definition) is 3. The van der Waals surface area contributed by atoms with E-state index in [2.05, 4.69) is 38.8 Å². The van der Waals surface area contributed by atoms with Crippen LogP contribution >= 0.6 is 0 Å². The van der Waals surface area contributed by atoms with E-state index >= 15 is 0 Å². The summed E-state index contributed by atoms with van der Waals surface area (Å²) in [4.78, 5) is 4.26. The second kappa shape index (κ2) is 5.55. The van der Waals surface area contributed by atoms with Crippen molar-refractivity contribution in [2.45, 2.75) is 59.0 Å². The van der Waals surface area contributed by atoms with Crippen molar-refractivity contribution in [3.63, 3.8) is 0 Å². The monoisotopic (exact) mass is 270 g/mol. The molecular weight excluding hydrogens is 244 g/mol. The first kappa shape index (κ1) is 15.4. The Morgan fingerprint density at radius 3 is 2.50 bits per heavy atom. The second-order valence-corrected chi connectivity index (χ2v) is 11.1. The van der Waals surface area contributed by atoms with Crippen molar-refractivity contribution < 1.29 is 9.53 Å². The van der Waals surface area contributed by atoms with Crippen LogP contribution in [0.5, 0.6) is 0 Å². The highest BCUT2D eigenvalue weighted by molar-refractivity contribution is 6.74. The molecule has 18 heavy (non-hydrogen) atoms. The quantitative estimate of drug-likeness (QED) is 0.837. The van der Waals surface area contributed by atoms with E-state index < -0.39 is 8.32 Å². The fourth-order valence-electron chi connectivity index (χ4n) is 1.53. The van der Waals surface area contributed by atoms with Gasteiger partial charge in [0.1, 0.15) is 12.4 Å². The van der Waals surface area contributed by atoms with Crippen molar-refractivity contribution in [3.8, 4) is 0 Å². The zero-order valence-electron chi connectivity index (χ0n) is 12.4. The number of aryl methyl sites for hydroxylation is 1. The molecular formula is C13H26N2O2Si. The van der Waals surface area contributed by atoms with Crippen molar-refractivity contribution >= 4 is 8.32 Å². The average molecular weight is 270 g/mol. The average Bonchev–Trinajstić information content (AvgIpc) is 2.57. The van der Waals surface area contributed by atoms with Crippen LogP contribution in [0.1, 0.15) is 32.3 Å². The first-order valence-electron chi connectivity index (χ1n) is 6.45. The lowest BCUT2D eigenvalue weighted by Gasteiger charge is -2.36. The smallest absolute Gasteiger partial charge is 0.192 e. The van der Waals surface area contributed by atoms with Crippen LogP contribution in [0, 0.1) is 6.92 Å². The van der Waals surface area contributed by atoms with Gasteiger partial charge in [-0.3, -0.25) is 0 Å². The SMILES string of the molecule is Cc1cn(CCO[Si](C)(C)C(C)(C)C)c(CO)n1. The van der Waals surface area contributed by atoms with Gasteiger partial charge in [-0.2, -0.15) is 0 Å². The summed E-state index contributed by atoms with van der Waals surface area (Å²) in [6, 6.07) is 0. The van der Waals surface area contributed by atoms with Gasteiger partial charge < -0.3 is 14.1 Å². The summed E-state index contributed by atoms with van der Waals surface area (Å²) >= 11 is 0. The maximum atomic E-state index is 9.20. The molecule has 5 heteroatoms. The predicted molar refractivity (Wildman–Crippen MR) is 76.0 cm³/mol. The molecule has 0 spiro atoms. The molecule has 0 radical (unpaired) electrons. The van der Waals surface area contributed by atoms with Crippen LogP contribution in [-0.2, 0) is 17.6 Å². The lowest BCUT2D eigenvalue weighted by Crippen LogP contribution is -2.41. The molecule has 0 unspecified atom stereocenters. The van der Waals surface area contributed by atoms with Gasteiger partial charge in [-0.05, 0) is 25.1 Å². The molecule has 0 atom stereocenters. The van der Waals surface area contributed by atoms with Gasteiger partial charge in [0.2, 0.25) is 0 Å². The molecule has 0 amide bonds. The Morgan fingerprint density at radius 1 is 1.39 bits per heavy atom. The summed E-state index contributed by atoms with van der Waals surface area (Å²) in [5, 5.41) is 9.44. The molecule has 0 aromatic carbocycles. The van der Waals surface area contributed by atoms with E-state index in [9.17, 15) is 5.11 Å². The van der Waals surface area contributed by atoms with Crippen LogP contribution in [0.15, 0.2) is 6.20 Å². The van der Waals surface area contributed by atoms with Crippen molar-refractivity contribution in [1.82, 2.24) is 9.55 Å². The summed E-state index contributed by atoms with van der Waals surface area (Å²) in [6.45, 7) is 14.6. The van der Waals surface area contributed by atoms with Crippen molar-refractivity contribution in [2.75, 3.05) is 6.61 Å². The standard InChI is InChI=1S/C13H26N2O2Si/c1-11-9-15(12(10-16)14-11)7-8-17-18(5,6)13(2,3)4/h9,16H,7-8,10H2,1-6H3. The van der Waals surface area contributed by atoms with Crippen molar-refractivity contribution in [1.29, 1.82) is 0 Å². The molecule has 1 heterocycles. The minimum absolute atomic E-state index is 0.0199. The highest BCUT2D eigenvalue weighted by Crippen LogP contribution is 2.36. The van der Waals surface area contributed by atoms with E-state index in [0.29, 0.717) is 12.4 Å². The Kier molecular flexibility index (Phi) is 4.75. The fraction of sp³-hybridized carbons (Fsp3) is 0.769. The van der Waals surface area contributed by atoms with Crippen LogP contribution in [0.25, 0.3) is 0 Å². The van der Waals surface area contributed by atoms with E-state index in [1.165, 1.54) is 0 Å². The largest absolute Gasteiger partial charge is 0.415 e. The molecule has 1 N–H and O–H groups in total. The Labute approximate surface area is 111 Å². The molecule has 0 fully saturated rings. The third kappa shape index (κ3) is 3.67. The van der Waals surface area contributed by atoms with E-state index in [-0.39, 0.29) is 11.6 Å². The zero-order chi connectivity index (χ0) is 14.0. The third-order valence-corrected chi connectivity index (χ3v) is 8.26. The molecule has 0 aliphatic rings. The number of aliphatic hydroxyl groups excluding tert-OH is 1. The van der Waals surface area contributed by atoms with Gasteiger partial charge >= 0.3 is 0 Å². The minimum atomic E-state index is -1.68. The Balaban J connectivity index is 2.56. The maximum Gasteiger partial charge on any atom is 0.192 e. The number of imidazole rings is 1. The first-order valence-corrected chi connectivity index (χ1v) is 9.35. The molecule has 4 nitrogen and oxygen atoms in total. The highest BCUT2D eigenvalue weighted by atomic mass is 28.4. The number of rotatable bonds is 5. The lowest BCUT2D eigenvalue weighted by molar-refractivity contribution is 0.246. The Morgan fingerprint density at radius 2 is 2.00 bits per heavy atom. The minimum Gasteiger partial charge on any atom is -0.415 e. The normalized spacial score (nSPS) is 13.1. The van der Waals surface area contributed by atoms with Gasteiger partial charge in [0.05, 0.1) is 12.3 Å². The molecule has 0 saturated heterocycles. The van der Waals surface area contributed by atoms with E-state index in [4.69, 9.17) is 4.43 Å². The first-order chi connectivity index (χ1) is 8.17. The summed E-state index contributed by atoms with van der Waals surface area (Å²) < 4.78 is 8.09. The van der Waals surface area contributed by atoms with Crippen LogP contribution < -0.4 is 0 Å². The number of hydrogen-bond donors (Lipinski definition) is 1. The predicted octanol–water partition coefficient (Wildman–Crippen LogP) is 2.71. The van der Waals surface area contributed by atoms with Gasteiger partial charge in [0, 0.05) is 12.7 Å². The number of nitrogens with zero attached hydrogens (tertiary/aromatic N) is 2. The molecule has 0 aliphatic carbocycles. The summed E-state index contributed by atoms with van der Waals surface area (Å²) in [5.41, 5.74) is 0.936. The summed E-state index contributed by atoms with van der Waals surface area (Å²) in [7, 11) is -1.68. The van der Waals surface area contributed by atoms with E-state index in [1.54, 1.807) is 0 Å². The van der Waals surface area contributed by atoms with Gasteiger partial charge in [-0.25, -0.2) is 4.98 Å². The van der Waals surface area contributed by atoms with Crippen molar-refractivity contribution in [3.05, 3.63) is 17.7 Å². The van der Waals surface area contributed by atoms with Crippen molar-refractivity contribution in [2.24, 2.45) is 0 Å².